The Kier molecular flexibility index (Phi) is 31.1. The van der Waals surface area contributed by atoms with Crippen LogP contribution < -0.4 is 42.2 Å². The molecule has 16 rings (SSSR count). The van der Waals surface area contributed by atoms with Crippen molar-refractivity contribution in [2.24, 2.45) is 5.73 Å². The smallest absolute Gasteiger partial charge is 0.355 e. The summed E-state index contributed by atoms with van der Waals surface area (Å²) in [5.41, 5.74) is 25.7. The molecule has 0 saturated heterocycles. The van der Waals surface area contributed by atoms with Gasteiger partial charge in [0.25, 0.3) is 17.7 Å². The maximum Gasteiger partial charge on any atom is 0.355 e. The second-order valence-corrected chi connectivity index (χ2v) is 29.5. The van der Waals surface area contributed by atoms with Gasteiger partial charge in [-0.15, -0.1) is 0 Å². The molecule has 36 heteroatoms. The predicted molar refractivity (Wildman–Crippen MR) is 456 cm³/mol. The van der Waals surface area contributed by atoms with Gasteiger partial charge in [-0.05, 0) is 202 Å². The summed E-state index contributed by atoms with van der Waals surface area (Å²) in [7, 11) is 7.14. The molecule has 12 aromatic rings. The molecule has 0 bridgehead atoms. The standard InChI is InChI=1S/C22H20N4O3.C19H18N4O2.C12H10ClN3O.C8H11BrN2O2.C8H7BrN2O2.C7H6BrNO2.C6H6BrNO2/c1-3-21(27)25-18-11-15(4-5-20(18)29-2)17-10-14(6-7-23-17)16-12-19-22(28)24-8-9-26(19)13-16;1-25-18-3-2-13(8-15(18)20)16-9-12(4-5-21-16)14-10-17-19(24)22-6-7-23(17)11-14;13-11-6-8(1-2-14-11)9-5-10-12(17)15-3-4-16(10)7-9;2*1-13-8(12)7-4-6(9)5-11(7)3-2-10;8-5-3-6-7(10)11-2-1-9(6)4-5;1-10-6(9)5-2-4(7)3-8-5/h3-7,10-13H,1,8-9H2,2H3,(H,24,28)(H,25,27);2-5,8-11H,6-7,20H2,1H3,(H,22,24);1-2,5-7H,3-4H2,(H,15,17);4-5H,2-3,10H2,1H3;4-5H,3H2,1H3;3-4H,1-2H2;2-3,8H,1H3. The number of benzene rings is 2. The summed E-state index contributed by atoms with van der Waals surface area (Å²) in [5.74, 6) is -0.628. The van der Waals surface area contributed by atoms with Crippen molar-refractivity contribution in [3.05, 3.63) is 253 Å². The number of fused-ring (bicyclic) bond motifs is 4. The highest BCUT2D eigenvalue weighted by atomic mass is 79.9. The lowest BCUT2D eigenvalue weighted by molar-refractivity contribution is -0.111. The topological polar surface area (TPSA) is 400 Å². The van der Waals surface area contributed by atoms with Crippen LogP contribution >= 0.6 is 75.3 Å². The molecule has 118 heavy (non-hydrogen) atoms. The molecule has 31 nitrogen and oxygen atoms in total. The van der Waals surface area contributed by atoms with E-state index in [0.29, 0.717) is 107 Å². The van der Waals surface area contributed by atoms with Gasteiger partial charge in [-0.3, -0.25) is 29.1 Å². The molecule has 10 aromatic heterocycles. The van der Waals surface area contributed by atoms with Gasteiger partial charge in [0.05, 0.1) is 70.9 Å². The molecule has 610 valence electrons. The van der Waals surface area contributed by atoms with Gasteiger partial charge in [0.2, 0.25) is 5.91 Å². The monoisotopic (exact) mass is 1880 g/mol. The Hall–Kier alpha value is -12.6. The molecule has 4 amide bonds. The van der Waals surface area contributed by atoms with Crippen molar-refractivity contribution in [3.63, 3.8) is 0 Å². The maximum absolute atomic E-state index is 12.0. The Morgan fingerprint density at radius 3 is 1.47 bits per heavy atom. The van der Waals surface area contributed by atoms with Crippen LogP contribution in [0.15, 0.2) is 208 Å². The zero-order valence-electron chi connectivity index (χ0n) is 64.0. The van der Waals surface area contributed by atoms with E-state index in [1.54, 1.807) is 92.4 Å². The first-order chi connectivity index (χ1) is 56.9. The highest BCUT2D eigenvalue weighted by Crippen LogP contribution is 2.35. The Morgan fingerprint density at radius 2 is 1.03 bits per heavy atom. The van der Waals surface area contributed by atoms with Gasteiger partial charge >= 0.3 is 23.9 Å². The Morgan fingerprint density at radius 1 is 0.551 bits per heavy atom. The van der Waals surface area contributed by atoms with E-state index < -0.39 is 5.97 Å². The van der Waals surface area contributed by atoms with E-state index in [1.165, 1.54) is 32.0 Å². The van der Waals surface area contributed by atoms with Crippen molar-refractivity contribution in [3.8, 4) is 73.5 Å². The largest absolute Gasteiger partial charge is 0.495 e. The number of nitrogens with zero attached hydrogens (tertiary/aromatic N) is 10. The minimum atomic E-state index is -0.444. The average molecular weight is 1880 g/mol. The van der Waals surface area contributed by atoms with Crippen molar-refractivity contribution >= 4 is 134 Å². The predicted octanol–water partition coefficient (Wildman–Crippen LogP) is 13.1. The second kappa shape index (κ2) is 41.8. The molecule has 0 saturated carbocycles. The Bertz CT molecular complexity index is 5730. The van der Waals surface area contributed by atoms with Gasteiger partial charge in [0.1, 0.15) is 69.7 Å². The summed E-state index contributed by atoms with van der Waals surface area (Å²) < 4.78 is 43.4. The molecule has 0 fully saturated rings. The first-order valence-electron chi connectivity index (χ1n) is 35.8. The Balaban J connectivity index is 0.000000150. The van der Waals surface area contributed by atoms with E-state index in [4.69, 9.17) is 42.5 Å². The number of anilines is 2. The number of ether oxygens (including phenoxy) is 6. The molecular weight excluding hydrogens is 1800 g/mol. The molecule has 0 spiro atoms. The minimum Gasteiger partial charge on any atom is -0.495 e. The number of carbonyl (C=O) groups is 8. The fourth-order valence-electron chi connectivity index (χ4n) is 12.2. The molecule has 0 unspecified atom stereocenters. The third-order valence-electron chi connectivity index (χ3n) is 17.8. The van der Waals surface area contributed by atoms with Gasteiger partial charge in [-0.25, -0.2) is 24.2 Å². The molecular formula is C82H78Br4ClN17O14. The SMILES string of the molecule is C=CC(=O)Nc1cc(-c2cc(-c3cc4n(c3)CCNC4=O)ccn2)ccc1OC.COC(=O)c1cc(Br)c[nH]1.COC(=O)c1cc(Br)cn1CC#N.COC(=O)c1cc(Br)cn1CCN.COc1ccc(-c2cc(-c3cc4n(c3)CCNC4=O)ccn2)cc1N.O=C1NCCn2cc(-c3ccnc(Cl)c3)cc21.O=C1OCCn2cc(Br)cc21. The lowest BCUT2D eigenvalue weighted by atomic mass is 10.0. The normalized spacial score (nSPS) is 12.4. The Labute approximate surface area is 715 Å². The zero-order chi connectivity index (χ0) is 84.7. The number of hydrogen-bond donors (Lipinski definition) is 7. The number of hydrogen-bond acceptors (Lipinski definition) is 20. The molecule has 14 heterocycles. The summed E-state index contributed by atoms with van der Waals surface area (Å²) in [6.07, 6.45) is 19.3. The van der Waals surface area contributed by atoms with Gasteiger partial charge in [-0.2, -0.15) is 5.26 Å². The number of amides is 4. The molecule has 0 atom stereocenters. The number of nitrogens with one attached hydrogen (secondary N) is 5. The van der Waals surface area contributed by atoms with Crippen LogP contribution in [0, 0.1) is 11.3 Å². The van der Waals surface area contributed by atoms with Gasteiger partial charge in [0.15, 0.2) is 0 Å². The highest BCUT2D eigenvalue weighted by Gasteiger charge is 2.24. The van der Waals surface area contributed by atoms with Crippen LogP contribution in [-0.4, -0.2) is 163 Å². The fourth-order valence-corrected chi connectivity index (χ4v) is 14.1. The van der Waals surface area contributed by atoms with Crippen molar-refractivity contribution in [1.82, 2.24) is 63.3 Å². The molecule has 9 N–H and O–H groups in total. The minimum absolute atomic E-state index is 0.0253. The van der Waals surface area contributed by atoms with Crippen LogP contribution in [-0.2, 0) is 63.0 Å². The summed E-state index contributed by atoms with van der Waals surface area (Å²) in [4.78, 5) is 107. The lowest BCUT2D eigenvalue weighted by Crippen LogP contribution is -2.34. The van der Waals surface area contributed by atoms with Crippen molar-refractivity contribution < 1.29 is 66.8 Å². The zero-order valence-corrected chi connectivity index (χ0v) is 71.1. The van der Waals surface area contributed by atoms with Gasteiger partial charge in [0, 0.05) is 160 Å². The van der Waals surface area contributed by atoms with Crippen molar-refractivity contribution in [2.45, 2.75) is 39.3 Å². The molecule has 0 radical (unpaired) electrons. The van der Waals surface area contributed by atoms with E-state index in [2.05, 4.69) is 126 Å². The molecule has 2 aromatic carbocycles. The number of cyclic esters (lactones) is 1. The first-order valence-corrected chi connectivity index (χ1v) is 39.4. The second-order valence-electron chi connectivity index (χ2n) is 25.4. The van der Waals surface area contributed by atoms with Crippen LogP contribution in [0.5, 0.6) is 11.5 Å². The summed E-state index contributed by atoms with van der Waals surface area (Å²) in [6.45, 7) is 10.3. The van der Waals surface area contributed by atoms with Crippen LogP contribution in [0.2, 0.25) is 5.15 Å². The number of carbonyl (C=O) groups excluding carboxylic acids is 8. The van der Waals surface area contributed by atoms with E-state index in [0.717, 1.165) is 100.0 Å². The first kappa shape index (κ1) is 87.8. The quantitative estimate of drug-likeness (QED) is 0.0165. The number of esters is 4. The highest BCUT2D eigenvalue weighted by molar-refractivity contribution is 9.11. The molecule has 4 aliphatic heterocycles. The van der Waals surface area contributed by atoms with Crippen molar-refractivity contribution in [2.75, 3.05) is 79.4 Å². The average Bonchev–Trinajstić information content (AvgIpc) is 1.65. The number of methoxy groups -OCH3 is 5. The summed E-state index contributed by atoms with van der Waals surface area (Å²) in [6, 6.07) is 36.9. The van der Waals surface area contributed by atoms with Crippen LogP contribution in [0.4, 0.5) is 11.4 Å². The van der Waals surface area contributed by atoms with Gasteiger partial charge in [-0.1, -0.05) is 18.2 Å². The number of rotatable bonds is 15. The maximum atomic E-state index is 12.0. The van der Waals surface area contributed by atoms with E-state index in [9.17, 15) is 38.4 Å². The van der Waals surface area contributed by atoms with E-state index in [-0.39, 0.29) is 48.1 Å². The number of aromatic nitrogens is 10. The van der Waals surface area contributed by atoms with Crippen LogP contribution in [0.1, 0.15) is 73.4 Å². The fraction of sp³-hybridized carbons (Fsp3) is 0.195. The van der Waals surface area contributed by atoms with E-state index >= 15 is 0 Å². The number of nitrogens with two attached hydrogens (primary N) is 2. The number of H-pyrrole nitrogens is 1. The number of nitriles is 1. The third kappa shape index (κ3) is 22.7. The summed E-state index contributed by atoms with van der Waals surface area (Å²) >= 11 is 18.8. The van der Waals surface area contributed by atoms with Crippen molar-refractivity contribution in [1.29, 1.82) is 5.26 Å². The molecule has 0 aliphatic carbocycles. The van der Waals surface area contributed by atoms with E-state index in [1.807, 2.05) is 128 Å². The number of pyridine rings is 3. The lowest BCUT2D eigenvalue weighted by Gasteiger charge is -2.14. The van der Waals surface area contributed by atoms with Crippen LogP contribution in [0.25, 0.3) is 55.9 Å². The molecule has 4 aliphatic rings. The number of halogens is 5. The van der Waals surface area contributed by atoms with Crippen LogP contribution in [0.3, 0.4) is 0 Å². The third-order valence-corrected chi connectivity index (χ3v) is 19.8. The van der Waals surface area contributed by atoms with Gasteiger partial charge < -0.3 is 93.5 Å². The number of nitrogen functional groups attached to an aromatic ring is 1. The number of aromatic amines is 1. The summed E-state index contributed by atoms with van der Waals surface area (Å²) in [5, 5.41) is 20.2.